The third kappa shape index (κ3) is 7.02. The number of benzene rings is 2. The van der Waals surface area contributed by atoms with Crippen LogP contribution in [0, 0.1) is 6.92 Å². The fourth-order valence-corrected chi connectivity index (χ4v) is 3.04. The van der Waals surface area contributed by atoms with Crippen molar-refractivity contribution in [3.63, 3.8) is 0 Å². The Morgan fingerprint density at radius 3 is 2.33 bits per heavy atom. The zero-order chi connectivity index (χ0) is 20.5. The maximum absolute atomic E-state index is 11.8. The monoisotopic (exact) mass is 516 g/mol. The van der Waals surface area contributed by atoms with Crippen LogP contribution in [0.15, 0.2) is 82.7 Å². The second-order valence-electron chi connectivity index (χ2n) is 6.96. The number of nitrogens with one attached hydrogen (secondary N) is 2. The first-order valence-corrected chi connectivity index (χ1v) is 9.95. The minimum atomic E-state index is 0. The molecule has 1 aromatic heterocycles. The van der Waals surface area contributed by atoms with Gasteiger partial charge in [-0.05, 0) is 42.2 Å². The zero-order valence-electron chi connectivity index (χ0n) is 17.5. The summed E-state index contributed by atoms with van der Waals surface area (Å²) in [5, 5.41) is 6.69. The molecule has 0 aliphatic carbocycles. The van der Waals surface area contributed by atoms with E-state index in [4.69, 9.17) is 4.99 Å². The molecule has 0 atom stereocenters. The molecule has 0 saturated carbocycles. The van der Waals surface area contributed by atoms with Crippen molar-refractivity contribution in [1.29, 1.82) is 0 Å². The maximum atomic E-state index is 11.8. The molecule has 3 aromatic rings. The Morgan fingerprint density at radius 1 is 0.933 bits per heavy atom. The summed E-state index contributed by atoms with van der Waals surface area (Å²) in [5.74, 6) is 0.802. The third-order valence-corrected chi connectivity index (χ3v) is 4.75. The van der Waals surface area contributed by atoms with E-state index in [9.17, 15) is 4.79 Å². The second kappa shape index (κ2) is 12.2. The SMILES string of the molecule is CCNC(=NCc1ccc(Cn2ccccc2=O)cc1)NCc1ccccc1C.I. The van der Waals surface area contributed by atoms with E-state index >= 15 is 0 Å². The van der Waals surface area contributed by atoms with Crippen LogP contribution in [0.5, 0.6) is 0 Å². The van der Waals surface area contributed by atoms with Crippen molar-refractivity contribution in [3.05, 3.63) is 106 Å². The lowest BCUT2D eigenvalue weighted by molar-refractivity contribution is 0.759. The van der Waals surface area contributed by atoms with Crippen molar-refractivity contribution < 1.29 is 0 Å². The molecule has 0 aliphatic heterocycles. The van der Waals surface area contributed by atoms with Gasteiger partial charge in [-0.1, -0.05) is 54.6 Å². The Bertz CT molecular complexity index is 1010. The molecule has 30 heavy (non-hydrogen) atoms. The number of hydrogen-bond donors (Lipinski definition) is 2. The molecule has 0 radical (unpaired) electrons. The summed E-state index contributed by atoms with van der Waals surface area (Å²) in [6.45, 7) is 6.89. The van der Waals surface area contributed by atoms with Crippen LogP contribution in [-0.2, 0) is 19.6 Å². The van der Waals surface area contributed by atoms with Crippen LogP contribution in [0.3, 0.4) is 0 Å². The van der Waals surface area contributed by atoms with Crippen molar-refractivity contribution in [2.24, 2.45) is 4.99 Å². The maximum Gasteiger partial charge on any atom is 0.250 e. The Morgan fingerprint density at radius 2 is 1.63 bits per heavy atom. The fourth-order valence-electron chi connectivity index (χ4n) is 3.04. The van der Waals surface area contributed by atoms with Gasteiger partial charge in [0, 0.05) is 25.4 Å². The quantitative estimate of drug-likeness (QED) is 0.283. The Balaban J connectivity index is 0.00000320. The topological polar surface area (TPSA) is 58.4 Å². The van der Waals surface area contributed by atoms with Crippen LogP contribution in [0.2, 0.25) is 0 Å². The minimum absolute atomic E-state index is 0. The Labute approximate surface area is 195 Å². The molecule has 2 aromatic carbocycles. The number of nitrogens with zero attached hydrogens (tertiary/aromatic N) is 2. The fraction of sp³-hybridized carbons (Fsp3) is 0.250. The molecule has 3 rings (SSSR count). The van der Waals surface area contributed by atoms with Crippen LogP contribution in [0.4, 0.5) is 0 Å². The average molecular weight is 516 g/mol. The lowest BCUT2D eigenvalue weighted by Gasteiger charge is -2.13. The van der Waals surface area contributed by atoms with Crippen molar-refractivity contribution >= 4 is 29.9 Å². The van der Waals surface area contributed by atoms with Crippen LogP contribution in [-0.4, -0.2) is 17.1 Å². The number of rotatable bonds is 7. The number of pyridine rings is 1. The summed E-state index contributed by atoms with van der Waals surface area (Å²) in [7, 11) is 0. The van der Waals surface area contributed by atoms with Crippen molar-refractivity contribution in [3.8, 4) is 0 Å². The number of halogens is 1. The van der Waals surface area contributed by atoms with E-state index in [2.05, 4.69) is 73.0 Å². The summed E-state index contributed by atoms with van der Waals surface area (Å²) in [4.78, 5) is 16.5. The van der Waals surface area contributed by atoms with Crippen molar-refractivity contribution in [2.75, 3.05) is 6.54 Å². The van der Waals surface area contributed by atoms with E-state index in [1.807, 2.05) is 12.3 Å². The van der Waals surface area contributed by atoms with E-state index < -0.39 is 0 Å². The van der Waals surface area contributed by atoms with E-state index in [-0.39, 0.29) is 29.5 Å². The van der Waals surface area contributed by atoms with E-state index in [1.54, 1.807) is 16.7 Å². The normalized spacial score (nSPS) is 10.9. The van der Waals surface area contributed by atoms with Gasteiger partial charge in [0.2, 0.25) is 0 Å². The molecule has 2 N–H and O–H groups in total. The molecule has 0 aliphatic rings. The highest BCUT2D eigenvalue weighted by atomic mass is 127. The van der Waals surface area contributed by atoms with Gasteiger partial charge in [-0.15, -0.1) is 24.0 Å². The van der Waals surface area contributed by atoms with E-state index in [0.717, 1.165) is 30.2 Å². The standard InChI is InChI=1S/C24H28N4O.HI/c1-3-25-24(27-17-22-9-5-4-8-19(22)2)26-16-20-11-13-21(14-12-20)18-28-15-7-6-10-23(28)29;/h4-15H,3,16-18H2,1-2H3,(H2,25,26,27);1H. The highest BCUT2D eigenvalue weighted by Gasteiger charge is 2.02. The number of aliphatic imine (C=N–C) groups is 1. The van der Waals surface area contributed by atoms with Crippen LogP contribution < -0.4 is 16.2 Å². The highest BCUT2D eigenvalue weighted by molar-refractivity contribution is 14.0. The van der Waals surface area contributed by atoms with Gasteiger partial charge in [0.05, 0.1) is 13.1 Å². The molecule has 0 saturated heterocycles. The molecule has 0 spiro atoms. The predicted molar refractivity (Wildman–Crippen MR) is 134 cm³/mol. The molecule has 1 heterocycles. The predicted octanol–water partition coefficient (Wildman–Crippen LogP) is 4.08. The van der Waals surface area contributed by atoms with Gasteiger partial charge in [0.25, 0.3) is 5.56 Å². The average Bonchev–Trinajstić information content (AvgIpc) is 2.74. The molecule has 0 amide bonds. The first-order chi connectivity index (χ1) is 14.2. The Hall–Kier alpha value is -2.61. The summed E-state index contributed by atoms with van der Waals surface area (Å²) in [6, 6.07) is 21.8. The smallest absolute Gasteiger partial charge is 0.250 e. The summed E-state index contributed by atoms with van der Waals surface area (Å²) < 4.78 is 1.70. The first kappa shape index (κ1) is 23.7. The van der Waals surface area contributed by atoms with Gasteiger partial charge in [0.15, 0.2) is 5.96 Å². The lowest BCUT2D eigenvalue weighted by Crippen LogP contribution is -2.36. The van der Waals surface area contributed by atoms with Gasteiger partial charge < -0.3 is 15.2 Å². The van der Waals surface area contributed by atoms with Crippen LogP contribution >= 0.6 is 24.0 Å². The molecule has 5 nitrogen and oxygen atoms in total. The molecular formula is C24H29IN4O. The number of aryl methyl sites for hydroxylation is 1. The molecule has 0 bridgehead atoms. The number of hydrogen-bond acceptors (Lipinski definition) is 2. The molecule has 0 fully saturated rings. The molecule has 6 heteroatoms. The van der Waals surface area contributed by atoms with Crippen LogP contribution in [0.1, 0.15) is 29.2 Å². The van der Waals surface area contributed by atoms with Crippen LogP contribution in [0.25, 0.3) is 0 Å². The third-order valence-electron chi connectivity index (χ3n) is 4.75. The summed E-state index contributed by atoms with van der Waals surface area (Å²) >= 11 is 0. The molecular weight excluding hydrogens is 487 g/mol. The number of guanidine groups is 1. The minimum Gasteiger partial charge on any atom is -0.357 e. The summed E-state index contributed by atoms with van der Waals surface area (Å²) in [6.07, 6.45) is 1.81. The van der Waals surface area contributed by atoms with Gasteiger partial charge in [-0.3, -0.25) is 4.79 Å². The van der Waals surface area contributed by atoms with E-state index in [1.165, 1.54) is 11.1 Å². The van der Waals surface area contributed by atoms with Gasteiger partial charge in [0.1, 0.15) is 0 Å². The van der Waals surface area contributed by atoms with Gasteiger partial charge >= 0.3 is 0 Å². The van der Waals surface area contributed by atoms with E-state index in [0.29, 0.717) is 13.1 Å². The molecule has 158 valence electrons. The number of aromatic nitrogens is 1. The van der Waals surface area contributed by atoms with Crippen molar-refractivity contribution in [1.82, 2.24) is 15.2 Å². The highest BCUT2D eigenvalue weighted by Crippen LogP contribution is 2.08. The Kier molecular flexibility index (Phi) is 9.60. The lowest BCUT2D eigenvalue weighted by atomic mass is 10.1. The zero-order valence-corrected chi connectivity index (χ0v) is 19.8. The summed E-state index contributed by atoms with van der Waals surface area (Å²) in [5.41, 5.74) is 4.76. The van der Waals surface area contributed by atoms with Crippen molar-refractivity contribution in [2.45, 2.75) is 33.5 Å². The van der Waals surface area contributed by atoms with Gasteiger partial charge in [-0.2, -0.15) is 0 Å². The second-order valence-corrected chi connectivity index (χ2v) is 6.96. The van der Waals surface area contributed by atoms with Gasteiger partial charge in [-0.25, -0.2) is 4.99 Å². The largest absolute Gasteiger partial charge is 0.357 e. The first-order valence-electron chi connectivity index (χ1n) is 9.95. The molecule has 0 unspecified atom stereocenters.